The van der Waals surface area contributed by atoms with Crippen LogP contribution in [0.2, 0.25) is 0 Å². The molecule has 3 heterocycles. The van der Waals surface area contributed by atoms with Crippen LogP contribution in [0.5, 0.6) is 0 Å². The number of hydrogen-bond acceptors (Lipinski definition) is 7. The van der Waals surface area contributed by atoms with Crippen molar-refractivity contribution in [2.45, 2.75) is 13.5 Å². The molecule has 1 aromatic carbocycles. The zero-order valence-electron chi connectivity index (χ0n) is 15.8. The first kappa shape index (κ1) is 18.5. The molecule has 0 atom stereocenters. The van der Waals surface area contributed by atoms with E-state index in [1.165, 1.54) is 19.4 Å². The van der Waals surface area contributed by atoms with Crippen molar-refractivity contribution in [1.82, 2.24) is 24.5 Å². The molecule has 29 heavy (non-hydrogen) atoms. The van der Waals surface area contributed by atoms with Crippen LogP contribution in [0, 0.1) is 12.7 Å². The van der Waals surface area contributed by atoms with Crippen molar-refractivity contribution in [3.05, 3.63) is 65.5 Å². The van der Waals surface area contributed by atoms with E-state index in [4.69, 9.17) is 10.5 Å². The Kier molecular flexibility index (Phi) is 4.63. The number of imidazole rings is 1. The number of carbonyl (C=O) groups excluding carboxylic acids is 1. The molecule has 0 bridgehead atoms. The number of aromatic nitrogens is 5. The number of nitrogens with two attached hydrogens (primary N) is 1. The maximum absolute atomic E-state index is 13.8. The van der Waals surface area contributed by atoms with E-state index in [2.05, 4.69) is 19.9 Å². The van der Waals surface area contributed by atoms with Gasteiger partial charge in [0.05, 0.1) is 25.4 Å². The molecule has 0 radical (unpaired) electrons. The minimum Gasteiger partial charge on any atom is -0.465 e. The van der Waals surface area contributed by atoms with Crippen molar-refractivity contribution in [3.63, 3.8) is 0 Å². The lowest BCUT2D eigenvalue weighted by Crippen LogP contribution is -2.06. The van der Waals surface area contributed by atoms with Gasteiger partial charge < -0.3 is 15.0 Å². The zero-order valence-corrected chi connectivity index (χ0v) is 15.8. The quantitative estimate of drug-likeness (QED) is 0.532. The number of carbonyl (C=O) groups is 1. The summed E-state index contributed by atoms with van der Waals surface area (Å²) in [6.45, 7) is 2.11. The van der Waals surface area contributed by atoms with Crippen LogP contribution >= 0.6 is 0 Å². The molecule has 0 saturated carbocycles. The standard InChI is InChI=1S/C20H17FN6O2/c1-11-24-17(22)16-19(25-11)27(18(26-16)14-7-15(21)9-23-8-14)10-12-3-5-13(6-4-12)20(28)29-2/h3-9H,10H2,1-2H3,(H2,22,24,25). The van der Waals surface area contributed by atoms with Crippen molar-refractivity contribution in [2.24, 2.45) is 0 Å². The number of aryl methyl sites for hydroxylation is 1. The van der Waals surface area contributed by atoms with Crippen molar-refractivity contribution >= 4 is 23.0 Å². The summed E-state index contributed by atoms with van der Waals surface area (Å²) in [7, 11) is 1.33. The van der Waals surface area contributed by atoms with Gasteiger partial charge in [-0.2, -0.15) is 0 Å². The average Bonchev–Trinajstić information content (AvgIpc) is 3.06. The third-order valence-corrected chi connectivity index (χ3v) is 4.41. The second kappa shape index (κ2) is 7.27. The van der Waals surface area contributed by atoms with Crippen molar-refractivity contribution in [1.29, 1.82) is 0 Å². The topological polar surface area (TPSA) is 109 Å². The zero-order chi connectivity index (χ0) is 20.5. The summed E-state index contributed by atoms with van der Waals surface area (Å²) < 4.78 is 20.3. The van der Waals surface area contributed by atoms with E-state index >= 15 is 0 Å². The van der Waals surface area contributed by atoms with Crippen LogP contribution in [0.1, 0.15) is 21.7 Å². The highest BCUT2D eigenvalue weighted by Gasteiger charge is 2.18. The number of rotatable bonds is 4. The normalized spacial score (nSPS) is 11.0. The summed E-state index contributed by atoms with van der Waals surface area (Å²) in [5.41, 5.74) is 8.83. The first-order valence-electron chi connectivity index (χ1n) is 8.75. The molecular formula is C20H17FN6O2. The minimum absolute atomic E-state index is 0.248. The number of benzene rings is 1. The predicted octanol–water partition coefficient (Wildman–Crippen LogP) is 2.75. The van der Waals surface area contributed by atoms with Crippen LogP contribution in [0.3, 0.4) is 0 Å². The number of anilines is 1. The molecule has 0 saturated heterocycles. The molecule has 0 fully saturated rings. The van der Waals surface area contributed by atoms with Gasteiger partial charge in [0, 0.05) is 11.8 Å². The molecule has 0 aliphatic carbocycles. The maximum Gasteiger partial charge on any atom is 0.337 e. The summed E-state index contributed by atoms with van der Waals surface area (Å²) in [5.74, 6) is 0.334. The Hall–Kier alpha value is -3.88. The number of ether oxygens (including phenoxy) is 1. The Morgan fingerprint density at radius 1 is 1.17 bits per heavy atom. The van der Waals surface area contributed by atoms with E-state index < -0.39 is 11.8 Å². The average molecular weight is 392 g/mol. The van der Waals surface area contributed by atoms with Gasteiger partial charge in [0.1, 0.15) is 17.5 Å². The van der Waals surface area contributed by atoms with Crippen molar-refractivity contribution in [3.8, 4) is 11.4 Å². The van der Waals surface area contributed by atoms with Gasteiger partial charge in [-0.3, -0.25) is 4.98 Å². The maximum atomic E-state index is 13.8. The fourth-order valence-corrected chi connectivity index (χ4v) is 3.09. The van der Waals surface area contributed by atoms with Gasteiger partial charge in [0.2, 0.25) is 0 Å². The van der Waals surface area contributed by atoms with E-state index in [0.717, 1.165) is 11.8 Å². The molecule has 0 amide bonds. The summed E-state index contributed by atoms with van der Waals surface area (Å²) in [6.07, 6.45) is 2.65. The van der Waals surface area contributed by atoms with Gasteiger partial charge in [-0.1, -0.05) is 12.1 Å². The third-order valence-electron chi connectivity index (χ3n) is 4.41. The molecule has 0 aliphatic heterocycles. The summed E-state index contributed by atoms with van der Waals surface area (Å²) in [5, 5.41) is 0. The third kappa shape index (κ3) is 3.49. The van der Waals surface area contributed by atoms with Gasteiger partial charge in [0.15, 0.2) is 17.0 Å². The highest BCUT2D eigenvalue weighted by atomic mass is 19.1. The molecule has 8 nitrogen and oxygen atoms in total. The van der Waals surface area contributed by atoms with Crippen LogP contribution in [-0.4, -0.2) is 37.6 Å². The molecule has 146 valence electrons. The van der Waals surface area contributed by atoms with E-state index in [1.54, 1.807) is 19.1 Å². The highest BCUT2D eigenvalue weighted by Crippen LogP contribution is 2.27. The van der Waals surface area contributed by atoms with Crippen LogP contribution in [0.4, 0.5) is 10.2 Å². The Morgan fingerprint density at radius 2 is 1.93 bits per heavy atom. The SMILES string of the molecule is COC(=O)c1ccc(Cn2c(-c3cncc(F)c3)nc3c(N)nc(C)nc32)cc1. The van der Waals surface area contributed by atoms with Crippen LogP contribution in [-0.2, 0) is 11.3 Å². The number of hydrogen-bond donors (Lipinski definition) is 1. The molecule has 4 aromatic rings. The molecule has 9 heteroatoms. The molecular weight excluding hydrogens is 375 g/mol. The van der Waals surface area contributed by atoms with Gasteiger partial charge in [-0.05, 0) is 30.7 Å². The van der Waals surface area contributed by atoms with Crippen molar-refractivity contribution < 1.29 is 13.9 Å². The van der Waals surface area contributed by atoms with Gasteiger partial charge >= 0.3 is 5.97 Å². The molecule has 0 aliphatic rings. The van der Waals surface area contributed by atoms with Crippen LogP contribution in [0.25, 0.3) is 22.6 Å². The number of fused-ring (bicyclic) bond motifs is 1. The minimum atomic E-state index is -0.473. The van der Waals surface area contributed by atoms with Crippen LogP contribution in [0.15, 0.2) is 42.7 Å². The van der Waals surface area contributed by atoms with Crippen molar-refractivity contribution in [2.75, 3.05) is 12.8 Å². The first-order chi connectivity index (χ1) is 14.0. The van der Waals surface area contributed by atoms with E-state index in [1.807, 2.05) is 16.7 Å². The number of methoxy groups -OCH3 is 1. The molecule has 4 rings (SSSR count). The molecule has 0 unspecified atom stereocenters. The number of nitrogen functional groups attached to an aromatic ring is 1. The fraction of sp³-hybridized carbons (Fsp3) is 0.150. The van der Waals surface area contributed by atoms with E-state index in [-0.39, 0.29) is 5.82 Å². The summed E-state index contributed by atoms with van der Waals surface area (Å²) in [6, 6.07) is 8.32. The molecule has 2 N–H and O–H groups in total. The van der Waals surface area contributed by atoms with Crippen LogP contribution < -0.4 is 5.73 Å². The summed E-state index contributed by atoms with van der Waals surface area (Å²) in [4.78, 5) is 28.8. The van der Waals surface area contributed by atoms with E-state index in [9.17, 15) is 9.18 Å². The Bertz CT molecular complexity index is 1220. The summed E-state index contributed by atoms with van der Waals surface area (Å²) >= 11 is 0. The van der Waals surface area contributed by atoms with Gasteiger partial charge in [0.25, 0.3) is 0 Å². The lowest BCUT2D eigenvalue weighted by Gasteiger charge is -2.10. The lowest BCUT2D eigenvalue weighted by molar-refractivity contribution is 0.0600. The molecule has 3 aromatic heterocycles. The lowest BCUT2D eigenvalue weighted by atomic mass is 10.1. The Morgan fingerprint density at radius 3 is 2.62 bits per heavy atom. The molecule has 0 spiro atoms. The second-order valence-corrected chi connectivity index (χ2v) is 6.43. The van der Waals surface area contributed by atoms with Gasteiger partial charge in [-0.15, -0.1) is 0 Å². The smallest absolute Gasteiger partial charge is 0.337 e. The van der Waals surface area contributed by atoms with Gasteiger partial charge in [-0.25, -0.2) is 24.1 Å². The largest absolute Gasteiger partial charge is 0.465 e. The number of nitrogens with zero attached hydrogens (tertiary/aromatic N) is 5. The number of halogens is 1. The number of esters is 1. The van der Waals surface area contributed by atoms with E-state index in [0.29, 0.717) is 40.5 Å². The monoisotopic (exact) mass is 392 g/mol. The highest BCUT2D eigenvalue weighted by molar-refractivity contribution is 5.89. The number of pyridine rings is 1. The first-order valence-corrected chi connectivity index (χ1v) is 8.75. The second-order valence-electron chi connectivity index (χ2n) is 6.43. The Labute approximate surface area is 165 Å². The fourth-order valence-electron chi connectivity index (χ4n) is 3.09. The Balaban J connectivity index is 1.85. The predicted molar refractivity (Wildman–Crippen MR) is 105 cm³/mol.